The number of rotatable bonds is 6. The lowest BCUT2D eigenvalue weighted by molar-refractivity contribution is -0.137. The maximum atomic E-state index is 10.2. The molecule has 2 N–H and O–H groups in total. The summed E-state index contributed by atoms with van der Waals surface area (Å²) in [6, 6.07) is 10.1. The number of hydrogen-bond donors (Lipinski definition) is 2. The lowest BCUT2D eigenvalue weighted by Gasteiger charge is -2.02. The van der Waals surface area contributed by atoms with Crippen LogP contribution < -0.4 is 5.32 Å². The monoisotopic (exact) mass is 193 g/mol. The van der Waals surface area contributed by atoms with E-state index in [1.165, 1.54) is 5.56 Å². The number of hydrogen-bond acceptors (Lipinski definition) is 2. The molecule has 0 amide bonds. The van der Waals surface area contributed by atoms with Crippen LogP contribution in [-0.4, -0.2) is 17.6 Å². The molecule has 1 aromatic carbocycles. The number of nitrogens with one attached hydrogen (secondary N) is 1. The van der Waals surface area contributed by atoms with E-state index >= 15 is 0 Å². The minimum atomic E-state index is -0.730. The van der Waals surface area contributed by atoms with Gasteiger partial charge in [0.2, 0.25) is 0 Å². The SMILES string of the molecule is O=C(O)CCCNCc1ccccc1. The molecule has 3 nitrogen and oxygen atoms in total. The third kappa shape index (κ3) is 4.62. The lowest BCUT2D eigenvalue weighted by atomic mass is 10.2. The Morgan fingerprint density at radius 3 is 2.64 bits per heavy atom. The summed E-state index contributed by atoms with van der Waals surface area (Å²) in [5.41, 5.74) is 1.22. The van der Waals surface area contributed by atoms with E-state index in [4.69, 9.17) is 5.11 Å². The molecule has 0 aliphatic heterocycles. The molecule has 0 aliphatic carbocycles. The minimum Gasteiger partial charge on any atom is -0.481 e. The Balaban J connectivity index is 2.08. The molecule has 0 saturated heterocycles. The summed E-state index contributed by atoms with van der Waals surface area (Å²) in [6.45, 7) is 1.56. The fraction of sp³-hybridized carbons (Fsp3) is 0.364. The van der Waals surface area contributed by atoms with E-state index in [0.29, 0.717) is 6.42 Å². The molecule has 3 heteroatoms. The first kappa shape index (κ1) is 10.7. The molecule has 1 aromatic rings. The van der Waals surface area contributed by atoms with Gasteiger partial charge in [-0.15, -0.1) is 0 Å². The van der Waals surface area contributed by atoms with Gasteiger partial charge in [-0.3, -0.25) is 4.79 Å². The molecule has 0 heterocycles. The van der Waals surface area contributed by atoms with E-state index in [2.05, 4.69) is 5.32 Å². The van der Waals surface area contributed by atoms with Crippen molar-refractivity contribution in [2.24, 2.45) is 0 Å². The van der Waals surface area contributed by atoms with Crippen molar-refractivity contribution in [3.8, 4) is 0 Å². The fourth-order valence-corrected chi connectivity index (χ4v) is 1.19. The predicted molar refractivity (Wildman–Crippen MR) is 55.0 cm³/mol. The summed E-state index contributed by atoms with van der Waals surface area (Å²) < 4.78 is 0. The standard InChI is InChI=1S/C11H15NO2/c13-11(14)7-4-8-12-9-10-5-2-1-3-6-10/h1-3,5-6,12H,4,7-9H2,(H,13,14). The van der Waals surface area contributed by atoms with Gasteiger partial charge in [0, 0.05) is 13.0 Å². The van der Waals surface area contributed by atoms with Crippen molar-refractivity contribution in [2.45, 2.75) is 19.4 Å². The van der Waals surface area contributed by atoms with Crippen LogP contribution in [0.3, 0.4) is 0 Å². The van der Waals surface area contributed by atoms with Crippen molar-refractivity contribution in [3.05, 3.63) is 35.9 Å². The number of carboxylic acid groups (broad SMARTS) is 1. The highest BCUT2D eigenvalue weighted by molar-refractivity contribution is 5.66. The summed E-state index contributed by atoms with van der Waals surface area (Å²) in [7, 11) is 0. The van der Waals surface area contributed by atoms with Crippen molar-refractivity contribution in [2.75, 3.05) is 6.54 Å². The molecule has 0 unspecified atom stereocenters. The molecule has 14 heavy (non-hydrogen) atoms. The van der Waals surface area contributed by atoms with Gasteiger partial charge in [0.1, 0.15) is 0 Å². The quantitative estimate of drug-likeness (QED) is 0.675. The van der Waals surface area contributed by atoms with Crippen molar-refractivity contribution >= 4 is 5.97 Å². The van der Waals surface area contributed by atoms with Gasteiger partial charge in [0.15, 0.2) is 0 Å². The number of carboxylic acids is 1. The topological polar surface area (TPSA) is 49.3 Å². The van der Waals surface area contributed by atoms with Gasteiger partial charge < -0.3 is 10.4 Å². The van der Waals surface area contributed by atoms with Gasteiger partial charge >= 0.3 is 5.97 Å². The first-order chi connectivity index (χ1) is 6.79. The third-order valence-electron chi connectivity index (χ3n) is 1.92. The van der Waals surface area contributed by atoms with Gasteiger partial charge in [-0.1, -0.05) is 30.3 Å². The largest absolute Gasteiger partial charge is 0.481 e. The summed E-state index contributed by atoms with van der Waals surface area (Å²) >= 11 is 0. The Labute approximate surface area is 83.8 Å². The van der Waals surface area contributed by atoms with Gasteiger partial charge in [-0.25, -0.2) is 0 Å². The molecule has 0 aliphatic rings. The number of carbonyl (C=O) groups is 1. The van der Waals surface area contributed by atoms with E-state index in [9.17, 15) is 4.79 Å². The molecule has 0 aromatic heterocycles. The average molecular weight is 193 g/mol. The number of aliphatic carboxylic acids is 1. The second kappa shape index (κ2) is 6.16. The first-order valence-corrected chi connectivity index (χ1v) is 4.75. The second-order valence-electron chi connectivity index (χ2n) is 3.16. The van der Waals surface area contributed by atoms with Crippen LogP contribution in [0.5, 0.6) is 0 Å². The molecule has 0 atom stereocenters. The van der Waals surface area contributed by atoms with Gasteiger partial charge in [0.25, 0.3) is 0 Å². The Kier molecular flexibility index (Phi) is 4.72. The minimum absolute atomic E-state index is 0.238. The first-order valence-electron chi connectivity index (χ1n) is 4.75. The Morgan fingerprint density at radius 2 is 2.00 bits per heavy atom. The molecular formula is C11H15NO2. The zero-order valence-electron chi connectivity index (χ0n) is 8.07. The fourth-order valence-electron chi connectivity index (χ4n) is 1.19. The molecule has 0 radical (unpaired) electrons. The molecular weight excluding hydrogens is 178 g/mol. The second-order valence-corrected chi connectivity index (χ2v) is 3.16. The predicted octanol–water partition coefficient (Wildman–Crippen LogP) is 1.64. The average Bonchev–Trinajstić information content (AvgIpc) is 2.18. The van der Waals surface area contributed by atoms with Crippen LogP contribution in [-0.2, 0) is 11.3 Å². The van der Waals surface area contributed by atoms with Crippen LogP contribution in [0.1, 0.15) is 18.4 Å². The summed E-state index contributed by atoms with van der Waals surface area (Å²) in [6.07, 6.45) is 0.921. The lowest BCUT2D eigenvalue weighted by Crippen LogP contribution is -2.15. The smallest absolute Gasteiger partial charge is 0.303 e. The van der Waals surface area contributed by atoms with Crippen molar-refractivity contribution in [1.82, 2.24) is 5.32 Å². The maximum Gasteiger partial charge on any atom is 0.303 e. The third-order valence-corrected chi connectivity index (χ3v) is 1.92. The van der Waals surface area contributed by atoms with Crippen LogP contribution >= 0.6 is 0 Å². The van der Waals surface area contributed by atoms with Crippen LogP contribution in [0.4, 0.5) is 0 Å². The highest BCUT2D eigenvalue weighted by atomic mass is 16.4. The van der Waals surface area contributed by atoms with Crippen molar-refractivity contribution in [3.63, 3.8) is 0 Å². The van der Waals surface area contributed by atoms with E-state index < -0.39 is 5.97 Å². The summed E-state index contributed by atoms with van der Waals surface area (Å²) in [5, 5.41) is 11.6. The molecule has 0 saturated carbocycles. The highest BCUT2D eigenvalue weighted by Gasteiger charge is 1.95. The van der Waals surface area contributed by atoms with Crippen LogP contribution in [0, 0.1) is 0 Å². The zero-order valence-corrected chi connectivity index (χ0v) is 8.07. The van der Waals surface area contributed by atoms with E-state index in [1.807, 2.05) is 30.3 Å². The molecule has 76 valence electrons. The van der Waals surface area contributed by atoms with Crippen LogP contribution in [0.2, 0.25) is 0 Å². The van der Waals surface area contributed by atoms with Crippen LogP contribution in [0.15, 0.2) is 30.3 Å². The molecule has 0 bridgehead atoms. The molecule has 0 fully saturated rings. The zero-order chi connectivity index (χ0) is 10.2. The Hall–Kier alpha value is -1.35. The van der Waals surface area contributed by atoms with Crippen molar-refractivity contribution in [1.29, 1.82) is 0 Å². The highest BCUT2D eigenvalue weighted by Crippen LogP contribution is 1.97. The van der Waals surface area contributed by atoms with E-state index in [1.54, 1.807) is 0 Å². The van der Waals surface area contributed by atoms with Gasteiger partial charge in [-0.05, 0) is 18.5 Å². The van der Waals surface area contributed by atoms with Crippen molar-refractivity contribution < 1.29 is 9.90 Å². The Morgan fingerprint density at radius 1 is 1.29 bits per heavy atom. The van der Waals surface area contributed by atoms with Gasteiger partial charge in [0.05, 0.1) is 0 Å². The number of benzene rings is 1. The summed E-state index contributed by atoms with van der Waals surface area (Å²) in [5.74, 6) is -0.730. The van der Waals surface area contributed by atoms with E-state index in [0.717, 1.165) is 13.1 Å². The molecule has 0 spiro atoms. The van der Waals surface area contributed by atoms with E-state index in [-0.39, 0.29) is 6.42 Å². The normalized spacial score (nSPS) is 10.0. The van der Waals surface area contributed by atoms with Crippen LogP contribution in [0.25, 0.3) is 0 Å². The summed E-state index contributed by atoms with van der Waals surface area (Å²) in [4.78, 5) is 10.2. The maximum absolute atomic E-state index is 10.2. The Bertz CT molecular complexity index is 272. The molecule has 1 rings (SSSR count). The van der Waals surface area contributed by atoms with Gasteiger partial charge in [-0.2, -0.15) is 0 Å².